The van der Waals surface area contributed by atoms with Crippen molar-refractivity contribution in [3.8, 4) is 0 Å². The number of rotatable bonds is 6. The molecule has 4 heteroatoms. The Morgan fingerprint density at radius 1 is 1.32 bits per heavy atom. The number of aryl methyl sites for hydroxylation is 1. The lowest BCUT2D eigenvalue weighted by Crippen LogP contribution is -2.41. The first kappa shape index (κ1) is 16.7. The maximum atomic E-state index is 6.40. The van der Waals surface area contributed by atoms with E-state index in [1.807, 2.05) is 31.4 Å². The zero-order valence-corrected chi connectivity index (χ0v) is 14.6. The number of nitrogens with zero attached hydrogens (tertiary/aromatic N) is 3. The molecule has 1 unspecified atom stereocenters. The standard InChI is InChI=1S/C18H29N3O/c1-6-14(7-2)18(20(4)5)22-21-16(8-3)12-11-15-10-9-13-19-17(15)21/h9-10,13,16H,6-8,11-12H2,1-5H3. The Labute approximate surface area is 134 Å². The molecule has 22 heavy (non-hydrogen) atoms. The predicted molar refractivity (Wildman–Crippen MR) is 91.5 cm³/mol. The zero-order valence-electron chi connectivity index (χ0n) is 14.6. The van der Waals surface area contributed by atoms with Gasteiger partial charge >= 0.3 is 0 Å². The van der Waals surface area contributed by atoms with Crippen LogP contribution < -0.4 is 5.06 Å². The molecule has 2 rings (SSSR count). The van der Waals surface area contributed by atoms with Crippen LogP contribution in [0.5, 0.6) is 0 Å². The third-order valence-corrected chi connectivity index (χ3v) is 4.37. The summed E-state index contributed by atoms with van der Waals surface area (Å²) in [6.45, 7) is 6.59. The fraction of sp³-hybridized carbons (Fsp3) is 0.611. The molecule has 0 radical (unpaired) electrons. The van der Waals surface area contributed by atoms with Gasteiger partial charge in [-0.05, 0) is 49.3 Å². The molecule has 0 aliphatic carbocycles. The lowest BCUT2D eigenvalue weighted by Gasteiger charge is -2.38. The summed E-state index contributed by atoms with van der Waals surface area (Å²) in [5.74, 6) is 1.94. The molecule has 0 N–H and O–H groups in total. The third kappa shape index (κ3) is 3.37. The Morgan fingerprint density at radius 3 is 2.64 bits per heavy atom. The normalized spacial score (nSPS) is 17.0. The topological polar surface area (TPSA) is 28.6 Å². The molecule has 1 aromatic heterocycles. The van der Waals surface area contributed by atoms with Crippen LogP contribution in [0.15, 0.2) is 29.8 Å². The van der Waals surface area contributed by atoms with Gasteiger partial charge in [0.25, 0.3) is 0 Å². The van der Waals surface area contributed by atoms with Gasteiger partial charge in [0.05, 0.1) is 6.04 Å². The van der Waals surface area contributed by atoms with Crippen molar-refractivity contribution in [3.05, 3.63) is 35.3 Å². The summed E-state index contributed by atoms with van der Waals surface area (Å²) >= 11 is 0. The molecule has 2 heterocycles. The Hall–Kier alpha value is -1.71. The maximum Gasteiger partial charge on any atom is 0.221 e. The number of allylic oxidation sites excluding steroid dienone is 1. The molecule has 4 nitrogen and oxygen atoms in total. The average Bonchev–Trinajstić information content (AvgIpc) is 2.54. The summed E-state index contributed by atoms with van der Waals surface area (Å²) in [6, 6.07) is 4.55. The second-order valence-corrected chi connectivity index (χ2v) is 6.01. The molecule has 0 aromatic carbocycles. The molecule has 0 saturated carbocycles. The molecule has 0 amide bonds. The summed E-state index contributed by atoms with van der Waals surface area (Å²) in [6.07, 6.45) is 7.12. The lowest BCUT2D eigenvalue weighted by molar-refractivity contribution is 0.0839. The molecule has 1 aromatic rings. The van der Waals surface area contributed by atoms with E-state index < -0.39 is 0 Å². The predicted octanol–water partition coefficient (Wildman–Crippen LogP) is 4.14. The van der Waals surface area contributed by atoms with Crippen LogP contribution in [0.4, 0.5) is 5.82 Å². The van der Waals surface area contributed by atoms with Crippen molar-refractivity contribution in [1.82, 2.24) is 9.88 Å². The summed E-state index contributed by atoms with van der Waals surface area (Å²) in [5.41, 5.74) is 2.61. The van der Waals surface area contributed by atoms with Crippen molar-refractivity contribution in [2.75, 3.05) is 19.2 Å². The van der Waals surface area contributed by atoms with Gasteiger partial charge in [0.2, 0.25) is 5.88 Å². The Kier molecular flexibility index (Phi) is 5.69. The van der Waals surface area contributed by atoms with Crippen LogP contribution in [0.2, 0.25) is 0 Å². The minimum absolute atomic E-state index is 0.382. The van der Waals surface area contributed by atoms with E-state index in [4.69, 9.17) is 4.84 Å². The molecule has 1 aliphatic rings. The molecular weight excluding hydrogens is 274 g/mol. The van der Waals surface area contributed by atoms with Gasteiger partial charge in [0, 0.05) is 20.3 Å². The van der Waals surface area contributed by atoms with E-state index in [0.717, 1.165) is 43.8 Å². The molecule has 1 atom stereocenters. The SMILES string of the molecule is CCC(CC)=C(ON1c2ncccc2CCC1CC)N(C)C. The van der Waals surface area contributed by atoms with Crippen LogP contribution in [0, 0.1) is 0 Å². The number of hydroxylamine groups is 1. The highest BCUT2D eigenvalue weighted by Crippen LogP contribution is 2.32. The van der Waals surface area contributed by atoms with Crippen molar-refractivity contribution in [2.45, 2.75) is 58.9 Å². The van der Waals surface area contributed by atoms with Gasteiger partial charge in [-0.25, -0.2) is 4.98 Å². The number of pyridine rings is 1. The number of hydrogen-bond donors (Lipinski definition) is 0. The van der Waals surface area contributed by atoms with Crippen LogP contribution in [-0.4, -0.2) is 30.0 Å². The highest BCUT2D eigenvalue weighted by molar-refractivity contribution is 5.48. The Bertz CT molecular complexity index is 519. The fourth-order valence-corrected chi connectivity index (χ4v) is 3.03. The van der Waals surface area contributed by atoms with Crippen LogP contribution in [-0.2, 0) is 11.3 Å². The third-order valence-electron chi connectivity index (χ3n) is 4.37. The fourth-order valence-electron chi connectivity index (χ4n) is 3.03. The molecule has 0 bridgehead atoms. The molecule has 122 valence electrons. The van der Waals surface area contributed by atoms with Crippen molar-refractivity contribution in [2.24, 2.45) is 0 Å². The van der Waals surface area contributed by atoms with Gasteiger partial charge in [-0.15, -0.1) is 0 Å². The number of hydrogen-bond acceptors (Lipinski definition) is 4. The van der Waals surface area contributed by atoms with E-state index in [-0.39, 0.29) is 0 Å². The second kappa shape index (κ2) is 7.52. The van der Waals surface area contributed by atoms with E-state index in [0.29, 0.717) is 6.04 Å². The molecule has 1 aliphatic heterocycles. The van der Waals surface area contributed by atoms with E-state index in [2.05, 4.69) is 36.7 Å². The van der Waals surface area contributed by atoms with Crippen LogP contribution in [0.25, 0.3) is 0 Å². The van der Waals surface area contributed by atoms with Crippen LogP contribution >= 0.6 is 0 Å². The average molecular weight is 303 g/mol. The minimum Gasteiger partial charge on any atom is -0.360 e. The highest BCUT2D eigenvalue weighted by atomic mass is 16.7. The summed E-state index contributed by atoms with van der Waals surface area (Å²) in [7, 11) is 4.09. The van der Waals surface area contributed by atoms with Crippen LogP contribution in [0.3, 0.4) is 0 Å². The van der Waals surface area contributed by atoms with E-state index >= 15 is 0 Å². The van der Waals surface area contributed by atoms with E-state index in [1.54, 1.807) is 0 Å². The minimum atomic E-state index is 0.382. The van der Waals surface area contributed by atoms with Gasteiger partial charge in [0.15, 0.2) is 5.82 Å². The van der Waals surface area contributed by atoms with Gasteiger partial charge in [0.1, 0.15) is 0 Å². The van der Waals surface area contributed by atoms with Crippen LogP contribution in [0.1, 0.15) is 52.0 Å². The smallest absolute Gasteiger partial charge is 0.221 e. The number of anilines is 1. The molecule has 0 spiro atoms. The number of aromatic nitrogens is 1. The summed E-state index contributed by atoms with van der Waals surface area (Å²) < 4.78 is 0. The van der Waals surface area contributed by atoms with E-state index in [1.165, 1.54) is 11.1 Å². The summed E-state index contributed by atoms with van der Waals surface area (Å²) in [4.78, 5) is 13.1. The van der Waals surface area contributed by atoms with Gasteiger partial charge in [-0.2, -0.15) is 5.06 Å². The van der Waals surface area contributed by atoms with Gasteiger partial charge < -0.3 is 9.74 Å². The number of fused-ring (bicyclic) bond motifs is 1. The Balaban J connectivity index is 2.38. The maximum absolute atomic E-state index is 6.40. The largest absolute Gasteiger partial charge is 0.360 e. The first-order valence-electron chi connectivity index (χ1n) is 8.42. The Morgan fingerprint density at radius 2 is 2.05 bits per heavy atom. The lowest BCUT2D eigenvalue weighted by atomic mass is 9.99. The van der Waals surface area contributed by atoms with Crippen molar-refractivity contribution < 1.29 is 4.84 Å². The van der Waals surface area contributed by atoms with Crippen molar-refractivity contribution in [3.63, 3.8) is 0 Å². The van der Waals surface area contributed by atoms with E-state index in [9.17, 15) is 0 Å². The molecular formula is C18H29N3O. The summed E-state index contributed by atoms with van der Waals surface area (Å²) in [5, 5.41) is 2.04. The first-order chi connectivity index (χ1) is 10.6. The monoisotopic (exact) mass is 303 g/mol. The van der Waals surface area contributed by atoms with Gasteiger partial charge in [-0.3, -0.25) is 0 Å². The first-order valence-corrected chi connectivity index (χ1v) is 8.42. The quantitative estimate of drug-likeness (QED) is 0.739. The van der Waals surface area contributed by atoms with Crippen molar-refractivity contribution >= 4 is 5.82 Å². The molecule has 0 saturated heterocycles. The zero-order chi connectivity index (χ0) is 16.1. The second-order valence-electron chi connectivity index (χ2n) is 6.01. The molecule has 0 fully saturated rings. The highest BCUT2D eigenvalue weighted by Gasteiger charge is 2.29. The van der Waals surface area contributed by atoms with Gasteiger partial charge in [-0.1, -0.05) is 26.8 Å². The van der Waals surface area contributed by atoms with Crippen molar-refractivity contribution in [1.29, 1.82) is 0 Å².